The van der Waals surface area contributed by atoms with Gasteiger partial charge in [0.2, 0.25) is 5.91 Å². The van der Waals surface area contributed by atoms with Crippen molar-refractivity contribution in [3.8, 4) is 11.5 Å². The Morgan fingerprint density at radius 3 is 2.22 bits per heavy atom. The Labute approximate surface area is 345 Å². The molecule has 3 aliphatic rings. The van der Waals surface area contributed by atoms with Gasteiger partial charge in [0.25, 0.3) is 11.8 Å². The van der Waals surface area contributed by atoms with Crippen LogP contribution in [0, 0.1) is 11.8 Å². The predicted octanol–water partition coefficient (Wildman–Crippen LogP) is 7.66. The number of para-hydroxylation sites is 1. The van der Waals surface area contributed by atoms with E-state index in [1.807, 2.05) is 78.9 Å². The second kappa shape index (κ2) is 16.0. The SMILES string of the molecule is COc1ccc(C(=O)Nc2cccc(CN3C(=O)[C@]4(O[C@H](CC(=O)N5Cc6ccccc6C[C@H]5CO)[C@@H](C(C)(C)c5ccc(OC)cc5)[C@@H]4C)c4ccccc43)c2)cc1. The van der Waals surface area contributed by atoms with E-state index in [0.29, 0.717) is 30.0 Å². The number of nitrogens with one attached hydrogen (secondary N) is 1. The number of hydrogen-bond donors (Lipinski definition) is 2. The van der Waals surface area contributed by atoms with Crippen molar-refractivity contribution in [2.45, 2.75) is 69.9 Å². The Bertz CT molecular complexity index is 2360. The molecule has 8 rings (SSSR count). The van der Waals surface area contributed by atoms with Crippen LogP contribution in [-0.2, 0) is 44.9 Å². The van der Waals surface area contributed by atoms with Crippen molar-refractivity contribution in [1.29, 1.82) is 0 Å². The molecule has 5 atom stereocenters. The molecule has 3 heterocycles. The van der Waals surface area contributed by atoms with Crippen molar-refractivity contribution >= 4 is 29.1 Å². The molecule has 2 N–H and O–H groups in total. The average molecular weight is 794 g/mol. The number of benzene rings is 5. The van der Waals surface area contributed by atoms with Crippen LogP contribution < -0.4 is 19.7 Å². The molecule has 59 heavy (non-hydrogen) atoms. The maximum absolute atomic E-state index is 15.3. The average Bonchev–Trinajstić information content (AvgIpc) is 3.68. The molecular formula is C49H51N3O7. The van der Waals surface area contributed by atoms with Gasteiger partial charge in [-0.3, -0.25) is 14.4 Å². The second-order valence-electron chi connectivity index (χ2n) is 16.5. The number of amides is 3. The van der Waals surface area contributed by atoms with E-state index in [1.165, 1.54) is 0 Å². The molecule has 5 aromatic carbocycles. The van der Waals surface area contributed by atoms with Crippen LogP contribution in [0.5, 0.6) is 11.5 Å². The number of aliphatic hydroxyl groups excluding tert-OH is 1. The molecule has 0 aromatic heterocycles. The molecule has 0 bridgehead atoms. The number of anilines is 2. The summed E-state index contributed by atoms with van der Waals surface area (Å²) in [5.74, 6) is 0.194. The van der Waals surface area contributed by atoms with E-state index in [0.717, 1.165) is 39.3 Å². The molecule has 1 saturated heterocycles. The van der Waals surface area contributed by atoms with Gasteiger partial charge < -0.3 is 34.4 Å². The van der Waals surface area contributed by atoms with Crippen molar-refractivity contribution < 1.29 is 33.7 Å². The first-order valence-corrected chi connectivity index (χ1v) is 20.2. The molecular weight excluding hydrogens is 743 g/mol. The first-order chi connectivity index (χ1) is 28.5. The van der Waals surface area contributed by atoms with E-state index < -0.39 is 17.1 Å². The maximum Gasteiger partial charge on any atom is 0.264 e. The van der Waals surface area contributed by atoms with Crippen LogP contribution >= 0.6 is 0 Å². The third-order valence-electron chi connectivity index (χ3n) is 12.9. The Balaban J connectivity index is 1.12. The fraction of sp³-hybridized carbons (Fsp3) is 0.327. The Morgan fingerprint density at radius 2 is 1.53 bits per heavy atom. The number of carbonyl (C=O) groups is 3. The molecule has 0 unspecified atom stereocenters. The van der Waals surface area contributed by atoms with E-state index in [9.17, 15) is 14.7 Å². The highest BCUT2D eigenvalue weighted by molar-refractivity contribution is 6.08. The molecule has 304 valence electrons. The van der Waals surface area contributed by atoms with E-state index >= 15 is 4.79 Å². The monoisotopic (exact) mass is 793 g/mol. The summed E-state index contributed by atoms with van der Waals surface area (Å²) in [4.78, 5) is 46.6. The minimum atomic E-state index is -1.37. The summed E-state index contributed by atoms with van der Waals surface area (Å²) in [7, 11) is 3.22. The van der Waals surface area contributed by atoms with Crippen molar-refractivity contribution in [3.63, 3.8) is 0 Å². The van der Waals surface area contributed by atoms with Crippen LogP contribution in [0.4, 0.5) is 11.4 Å². The third kappa shape index (κ3) is 7.14. The summed E-state index contributed by atoms with van der Waals surface area (Å²) < 4.78 is 18.0. The molecule has 0 aliphatic carbocycles. The quantitative estimate of drug-likeness (QED) is 0.141. The molecule has 3 aliphatic heterocycles. The highest BCUT2D eigenvalue weighted by atomic mass is 16.5. The summed E-state index contributed by atoms with van der Waals surface area (Å²) in [5, 5.41) is 13.5. The molecule has 5 aromatic rings. The zero-order valence-electron chi connectivity index (χ0n) is 34.2. The fourth-order valence-corrected chi connectivity index (χ4v) is 9.83. The number of hydrogen-bond acceptors (Lipinski definition) is 7. The topological polar surface area (TPSA) is 118 Å². The van der Waals surface area contributed by atoms with Crippen LogP contribution in [0.25, 0.3) is 0 Å². The summed E-state index contributed by atoms with van der Waals surface area (Å²) in [6, 6.07) is 37.9. The summed E-state index contributed by atoms with van der Waals surface area (Å²) in [6.45, 7) is 6.90. The van der Waals surface area contributed by atoms with Crippen molar-refractivity contribution in [1.82, 2.24) is 4.90 Å². The van der Waals surface area contributed by atoms with Crippen molar-refractivity contribution in [2.24, 2.45) is 11.8 Å². The van der Waals surface area contributed by atoms with Gasteiger partial charge in [-0.25, -0.2) is 0 Å². The lowest BCUT2D eigenvalue weighted by Crippen LogP contribution is -2.48. The van der Waals surface area contributed by atoms with Crippen LogP contribution in [0.15, 0.2) is 121 Å². The zero-order chi connectivity index (χ0) is 41.5. The standard InChI is InChI=1S/C49H51N3O7/c1-31-45(48(2,3)36-19-23-40(58-5)24-20-36)43(27-44(54)51-29-35-13-7-6-12-34(35)26-38(51)30-53)59-49(31)41-15-8-9-16-42(41)52(47(49)56)28-32-11-10-14-37(25-32)50-46(55)33-17-21-39(57-4)22-18-33/h6-25,31,38,43,45,53H,26-30H2,1-5H3,(H,50,55)/t31-,38-,43+,45-,49+/m0/s1. The Kier molecular flexibility index (Phi) is 10.8. The normalized spacial score (nSPS) is 22.2. The number of fused-ring (bicyclic) bond motifs is 3. The van der Waals surface area contributed by atoms with Crippen molar-refractivity contribution in [3.05, 3.63) is 155 Å². The number of nitrogens with zero attached hydrogens (tertiary/aromatic N) is 2. The summed E-state index contributed by atoms with van der Waals surface area (Å²) >= 11 is 0. The van der Waals surface area contributed by atoms with Crippen LogP contribution in [-0.4, -0.2) is 60.7 Å². The van der Waals surface area contributed by atoms with E-state index in [4.69, 9.17) is 14.2 Å². The van der Waals surface area contributed by atoms with Gasteiger partial charge in [0.15, 0.2) is 5.60 Å². The first-order valence-electron chi connectivity index (χ1n) is 20.2. The minimum absolute atomic E-state index is 0.0421. The van der Waals surface area contributed by atoms with E-state index in [1.54, 1.807) is 48.3 Å². The lowest BCUT2D eigenvalue weighted by Gasteiger charge is -2.40. The first kappa shape index (κ1) is 39.8. The molecule has 1 fully saturated rings. The van der Waals surface area contributed by atoms with Gasteiger partial charge >= 0.3 is 0 Å². The molecule has 3 amide bonds. The van der Waals surface area contributed by atoms with Gasteiger partial charge in [0.05, 0.1) is 51.6 Å². The highest BCUT2D eigenvalue weighted by Crippen LogP contribution is 2.60. The Hall–Kier alpha value is -5.97. The minimum Gasteiger partial charge on any atom is -0.497 e. The molecule has 10 heteroatoms. The highest BCUT2D eigenvalue weighted by Gasteiger charge is 2.66. The lowest BCUT2D eigenvalue weighted by molar-refractivity contribution is -0.151. The number of carbonyl (C=O) groups excluding carboxylic acids is 3. The summed E-state index contributed by atoms with van der Waals surface area (Å²) in [5.41, 5.74) is 4.75. The van der Waals surface area contributed by atoms with E-state index in [2.05, 4.69) is 44.3 Å². The van der Waals surface area contributed by atoms with Gasteiger partial charge in [-0.1, -0.05) is 87.5 Å². The molecule has 0 radical (unpaired) electrons. The van der Waals surface area contributed by atoms with Gasteiger partial charge in [-0.15, -0.1) is 0 Å². The molecule has 0 saturated carbocycles. The predicted molar refractivity (Wildman–Crippen MR) is 226 cm³/mol. The van der Waals surface area contributed by atoms with E-state index in [-0.39, 0.29) is 55.2 Å². The van der Waals surface area contributed by atoms with Crippen LogP contribution in [0.2, 0.25) is 0 Å². The summed E-state index contributed by atoms with van der Waals surface area (Å²) in [6.07, 6.45) is -0.0295. The molecule has 1 spiro atoms. The lowest BCUT2D eigenvalue weighted by atomic mass is 9.63. The van der Waals surface area contributed by atoms with Crippen LogP contribution in [0.3, 0.4) is 0 Å². The Morgan fingerprint density at radius 1 is 0.864 bits per heavy atom. The third-order valence-corrected chi connectivity index (χ3v) is 12.9. The number of rotatable bonds is 11. The fourth-order valence-electron chi connectivity index (χ4n) is 9.83. The number of aliphatic hydroxyl groups is 1. The number of methoxy groups -OCH3 is 2. The largest absolute Gasteiger partial charge is 0.497 e. The van der Waals surface area contributed by atoms with Gasteiger partial charge in [-0.05, 0) is 88.7 Å². The maximum atomic E-state index is 15.3. The number of ether oxygens (including phenoxy) is 3. The van der Waals surface area contributed by atoms with Crippen LogP contribution in [0.1, 0.15) is 65.4 Å². The second-order valence-corrected chi connectivity index (χ2v) is 16.5. The zero-order valence-corrected chi connectivity index (χ0v) is 34.2. The van der Waals surface area contributed by atoms with Gasteiger partial charge in [0.1, 0.15) is 11.5 Å². The van der Waals surface area contributed by atoms with Crippen molar-refractivity contribution in [2.75, 3.05) is 31.0 Å². The van der Waals surface area contributed by atoms with Gasteiger partial charge in [0, 0.05) is 35.2 Å². The smallest absolute Gasteiger partial charge is 0.264 e. The van der Waals surface area contributed by atoms with Gasteiger partial charge in [-0.2, -0.15) is 0 Å². The molecule has 10 nitrogen and oxygen atoms in total.